The molecule has 94 valence electrons. The summed E-state index contributed by atoms with van der Waals surface area (Å²) in [5.74, 6) is 6.04. The third kappa shape index (κ3) is 4.80. The van der Waals surface area contributed by atoms with E-state index in [2.05, 4.69) is 15.4 Å². The summed E-state index contributed by atoms with van der Waals surface area (Å²) in [5, 5.41) is 0. The monoisotopic (exact) mass is 237 g/mol. The summed E-state index contributed by atoms with van der Waals surface area (Å²) in [5.41, 5.74) is 3.54. The number of nitrogens with zero attached hydrogens (tertiary/aromatic N) is 3. The molecule has 0 aromatic carbocycles. The molecule has 0 aliphatic rings. The summed E-state index contributed by atoms with van der Waals surface area (Å²) < 4.78 is 4.93. The summed E-state index contributed by atoms with van der Waals surface area (Å²) in [7, 11) is 3.54. The van der Waals surface area contributed by atoms with Gasteiger partial charge in [-0.3, -0.25) is 10.4 Å². The van der Waals surface area contributed by atoms with Crippen molar-refractivity contribution in [3.63, 3.8) is 0 Å². The van der Waals surface area contributed by atoms with Crippen molar-refractivity contribution < 1.29 is 4.74 Å². The molecule has 1 heterocycles. The van der Waals surface area contributed by atoms with Gasteiger partial charge in [-0.25, -0.2) is 10.8 Å². The van der Waals surface area contributed by atoms with E-state index in [1.54, 1.807) is 13.3 Å². The van der Waals surface area contributed by atoms with Crippen LogP contribution in [0.15, 0.2) is 29.4 Å². The van der Waals surface area contributed by atoms with E-state index >= 15 is 0 Å². The van der Waals surface area contributed by atoms with Gasteiger partial charge in [-0.1, -0.05) is 6.07 Å². The summed E-state index contributed by atoms with van der Waals surface area (Å²) in [4.78, 5) is 10.4. The molecule has 0 spiro atoms. The average molecular weight is 237 g/mol. The maximum atomic E-state index is 5.43. The predicted molar refractivity (Wildman–Crippen MR) is 67.2 cm³/mol. The van der Waals surface area contributed by atoms with Gasteiger partial charge in [0.15, 0.2) is 0 Å². The fourth-order valence-corrected chi connectivity index (χ4v) is 1.33. The highest BCUT2D eigenvalue weighted by Crippen LogP contribution is 1.98. The second-order valence-corrected chi connectivity index (χ2v) is 3.52. The first-order valence-corrected chi connectivity index (χ1v) is 5.39. The van der Waals surface area contributed by atoms with Crippen molar-refractivity contribution in [2.75, 3.05) is 27.3 Å². The Morgan fingerprint density at radius 2 is 2.41 bits per heavy atom. The van der Waals surface area contributed by atoms with Crippen LogP contribution < -0.4 is 11.3 Å². The topological polar surface area (TPSA) is 75.8 Å². The van der Waals surface area contributed by atoms with Crippen LogP contribution in [0.1, 0.15) is 5.69 Å². The van der Waals surface area contributed by atoms with Gasteiger partial charge in [0, 0.05) is 20.4 Å². The van der Waals surface area contributed by atoms with Crippen LogP contribution in [-0.4, -0.2) is 43.2 Å². The van der Waals surface area contributed by atoms with Crippen LogP contribution in [0, 0.1) is 0 Å². The number of nitrogens with one attached hydrogen (secondary N) is 1. The molecule has 0 bridgehead atoms. The Balaban J connectivity index is 2.54. The number of pyridine rings is 1. The highest BCUT2D eigenvalue weighted by molar-refractivity contribution is 5.79. The van der Waals surface area contributed by atoms with Crippen molar-refractivity contribution in [3.8, 4) is 0 Å². The zero-order valence-corrected chi connectivity index (χ0v) is 10.3. The van der Waals surface area contributed by atoms with Crippen molar-refractivity contribution >= 4 is 5.96 Å². The zero-order chi connectivity index (χ0) is 12.5. The first-order chi connectivity index (χ1) is 8.27. The molecule has 0 aliphatic heterocycles. The minimum atomic E-state index is 0.572. The average Bonchev–Trinajstić information content (AvgIpc) is 2.36. The van der Waals surface area contributed by atoms with Gasteiger partial charge in [0.05, 0.1) is 25.4 Å². The molecular formula is C11H19N5O. The molecule has 0 amide bonds. The van der Waals surface area contributed by atoms with Gasteiger partial charge in [0.2, 0.25) is 5.96 Å². The number of rotatable bonds is 5. The molecule has 6 nitrogen and oxygen atoms in total. The Morgan fingerprint density at radius 1 is 1.59 bits per heavy atom. The Labute approximate surface area is 101 Å². The molecular weight excluding hydrogens is 218 g/mol. The number of hydrazine groups is 1. The van der Waals surface area contributed by atoms with Gasteiger partial charge in [0.1, 0.15) is 0 Å². The van der Waals surface area contributed by atoms with Gasteiger partial charge >= 0.3 is 0 Å². The van der Waals surface area contributed by atoms with Gasteiger partial charge in [-0.2, -0.15) is 0 Å². The Kier molecular flexibility index (Phi) is 5.98. The van der Waals surface area contributed by atoms with Crippen molar-refractivity contribution in [3.05, 3.63) is 30.1 Å². The molecule has 1 rings (SSSR count). The number of guanidine groups is 1. The van der Waals surface area contributed by atoms with Crippen molar-refractivity contribution in [1.82, 2.24) is 15.3 Å². The molecule has 0 fully saturated rings. The number of aromatic nitrogens is 1. The third-order valence-electron chi connectivity index (χ3n) is 2.17. The van der Waals surface area contributed by atoms with E-state index in [0.29, 0.717) is 25.7 Å². The summed E-state index contributed by atoms with van der Waals surface area (Å²) >= 11 is 0. The van der Waals surface area contributed by atoms with E-state index in [1.165, 1.54) is 0 Å². The van der Waals surface area contributed by atoms with Crippen LogP contribution in [0.2, 0.25) is 0 Å². The van der Waals surface area contributed by atoms with Crippen LogP contribution in [0.4, 0.5) is 0 Å². The van der Waals surface area contributed by atoms with E-state index in [9.17, 15) is 0 Å². The number of hydrogen-bond donors (Lipinski definition) is 2. The van der Waals surface area contributed by atoms with Crippen LogP contribution in [0.25, 0.3) is 0 Å². The van der Waals surface area contributed by atoms with E-state index in [4.69, 9.17) is 10.6 Å². The third-order valence-corrected chi connectivity index (χ3v) is 2.17. The molecule has 1 aromatic rings. The standard InChI is InChI=1S/C11H19N5O/c1-16(9-10-5-3-4-6-13-10)11(15-12)14-7-8-17-2/h3-6H,7-9,12H2,1-2H3,(H,14,15). The maximum absolute atomic E-state index is 5.43. The van der Waals surface area contributed by atoms with Crippen molar-refractivity contribution in [1.29, 1.82) is 0 Å². The quantitative estimate of drug-likeness (QED) is 0.247. The maximum Gasteiger partial charge on any atom is 0.208 e. The van der Waals surface area contributed by atoms with Crippen LogP contribution in [-0.2, 0) is 11.3 Å². The molecule has 0 saturated carbocycles. The van der Waals surface area contributed by atoms with Gasteiger partial charge < -0.3 is 9.64 Å². The predicted octanol–water partition coefficient (Wildman–Crippen LogP) is -0.0209. The van der Waals surface area contributed by atoms with Crippen LogP contribution >= 0.6 is 0 Å². The van der Waals surface area contributed by atoms with E-state index in [-0.39, 0.29) is 0 Å². The van der Waals surface area contributed by atoms with E-state index < -0.39 is 0 Å². The van der Waals surface area contributed by atoms with Crippen molar-refractivity contribution in [2.24, 2.45) is 10.8 Å². The second-order valence-electron chi connectivity index (χ2n) is 3.52. The Morgan fingerprint density at radius 3 is 3.00 bits per heavy atom. The molecule has 0 radical (unpaired) electrons. The van der Waals surface area contributed by atoms with Crippen LogP contribution in [0.5, 0.6) is 0 Å². The molecule has 0 unspecified atom stereocenters. The zero-order valence-electron chi connectivity index (χ0n) is 10.3. The van der Waals surface area contributed by atoms with Gasteiger partial charge in [-0.15, -0.1) is 0 Å². The highest BCUT2D eigenvalue weighted by atomic mass is 16.5. The summed E-state index contributed by atoms with van der Waals surface area (Å²) in [6.45, 7) is 1.79. The summed E-state index contributed by atoms with van der Waals surface area (Å²) in [6, 6.07) is 5.80. The molecule has 3 N–H and O–H groups in total. The first-order valence-electron chi connectivity index (χ1n) is 5.39. The van der Waals surface area contributed by atoms with E-state index in [1.807, 2.05) is 30.1 Å². The fourth-order valence-electron chi connectivity index (χ4n) is 1.33. The second kappa shape index (κ2) is 7.59. The lowest BCUT2D eigenvalue weighted by Gasteiger charge is -2.20. The largest absolute Gasteiger partial charge is 0.383 e. The minimum Gasteiger partial charge on any atom is -0.383 e. The SMILES string of the molecule is COCCN=C(NN)N(C)Cc1ccccn1. The molecule has 0 atom stereocenters. The molecule has 6 heteroatoms. The van der Waals surface area contributed by atoms with Crippen molar-refractivity contribution in [2.45, 2.75) is 6.54 Å². The molecule has 0 aliphatic carbocycles. The lowest BCUT2D eigenvalue weighted by Crippen LogP contribution is -2.42. The smallest absolute Gasteiger partial charge is 0.208 e. The Bertz CT molecular complexity index is 341. The lowest BCUT2D eigenvalue weighted by molar-refractivity contribution is 0.207. The number of aliphatic imine (C=N–C) groups is 1. The summed E-state index contributed by atoms with van der Waals surface area (Å²) in [6.07, 6.45) is 1.76. The molecule has 0 saturated heterocycles. The Hall–Kier alpha value is -1.66. The highest BCUT2D eigenvalue weighted by Gasteiger charge is 2.05. The molecule has 17 heavy (non-hydrogen) atoms. The lowest BCUT2D eigenvalue weighted by atomic mass is 10.3. The number of ether oxygens (including phenoxy) is 1. The first kappa shape index (κ1) is 13.4. The number of nitrogens with two attached hydrogens (primary N) is 1. The number of hydrogen-bond acceptors (Lipinski definition) is 4. The normalized spacial score (nSPS) is 11.4. The number of methoxy groups -OCH3 is 1. The minimum absolute atomic E-state index is 0.572. The van der Waals surface area contributed by atoms with E-state index in [0.717, 1.165) is 5.69 Å². The van der Waals surface area contributed by atoms with Gasteiger partial charge in [0.25, 0.3) is 0 Å². The van der Waals surface area contributed by atoms with Gasteiger partial charge in [-0.05, 0) is 12.1 Å². The van der Waals surface area contributed by atoms with Crippen LogP contribution in [0.3, 0.4) is 0 Å². The fraction of sp³-hybridized carbons (Fsp3) is 0.455. The molecule has 1 aromatic heterocycles.